The number of halogens is 1. The van der Waals surface area contributed by atoms with E-state index in [0.29, 0.717) is 11.6 Å². The summed E-state index contributed by atoms with van der Waals surface area (Å²) < 4.78 is 13.1. The number of rotatable bonds is 5. The standard InChI is InChI=1S/C25H27ClN4O2/c1-14-23(26)15(2)30(29-14)13-17-11-16(5-8-22(17)32-4)24-25-19(9-10-27-24)20-12-18(31-3)6-7-21(20)28-25/h5-8,11-12,24,27-28H,9-10,13H2,1-4H3. The molecule has 6 nitrogen and oxygen atoms in total. The van der Waals surface area contributed by atoms with Crippen molar-refractivity contribution in [1.82, 2.24) is 20.1 Å². The molecule has 5 rings (SSSR count). The number of nitrogens with zero attached hydrogens (tertiary/aromatic N) is 2. The van der Waals surface area contributed by atoms with Crippen LogP contribution in [0, 0.1) is 13.8 Å². The number of ether oxygens (including phenoxy) is 2. The van der Waals surface area contributed by atoms with E-state index in [4.69, 9.17) is 21.1 Å². The topological polar surface area (TPSA) is 64.1 Å². The number of aromatic amines is 1. The van der Waals surface area contributed by atoms with Crippen LogP contribution in [0.3, 0.4) is 0 Å². The van der Waals surface area contributed by atoms with Crippen molar-refractivity contribution in [2.45, 2.75) is 32.9 Å². The molecule has 2 aromatic heterocycles. The van der Waals surface area contributed by atoms with Crippen LogP contribution in [0.1, 0.15) is 39.8 Å². The molecule has 1 atom stereocenters. The van der Waals surface area contributed by atoms with E-state index in [1.165, 1.54) is 22.2 Å². The summed E-state index contributed by atoms with van der Waals surface area (Å²) in [6.45, 7) is 5.43. The fourth-order valence-electron chi connectivity index (χ4n) is 4.71. The molecule has 1 aliphatic rings. The second kappa shape index (κ2) is 8.19. The maximum absolute atomic E-state index is 6.37. The van der Waals surface area contributed by atoms with Crippen molar-refractivity contribution < 1.29 is 9.47 Å². The summed E-state index contributed by atoms with van der Waals surface area (Å²) in [5, 5.41) is 10.2. The van der Waals surface area contributed by atoms with E-state index >= 15 is 0 Å². The molecule has 0 fully saturated rings. The molecule has 7 heteroatoms. The third kappa shape index (κ3) is 3.44. The third-order valence-electron chi connectivity index (χ3n) is 6.41. The van der Waals surface area contributed by atoms with Gasteiger partial charge in [-0.25, -0.2) is 0 Å². The predicted octanol–water partition coefficient (Wildman–Crippen LogP) is 4.94. The fourth-order valence-corrected chi connectivity index (χ4v) is 4.85. The van der Waals surface area contributed by atoms with Crippen LogP contribution in [0.15, 0.2) is 36.4 Å². The summed E-state index contributed by atoms with van der Waals surface area (Å²) in [5.74, 6) is 1.72. The molecule has 3 heterocycles. The molecule has 1 aliphatic heterocycles. The Morgan fingerprint density at radius 1 is 1.12 bits per heavy atom. The third-order valence-corrected chi connectivity index (χ3v) is 6.96. The first-order chi connectivity index (χ1) is 15.5. The Labute approximate surface area is 192 Å². The molecular weight excluding hydrogens is 424 g/mol. The first kappa shape index (κ1) is 20.9. The van der Waals surface area contributed by atoms with Crippen molar-refractivity contribution in [3.05, 3.63) is 75.2 Å². The summed E-state index contributed by atoms with van der Waals surface area (Å²) in [6.07, 6.45) is 0.978. The number of aryl methyl sites for hydroxylation is 1. The van der Waals surface area contributed by atoms with Gasteiger partial charge in [0.2, 0.25) is 0 Å². The average molecular weight is 451 g/mol. The van der Waals surface area contributed by atoms with Crippen LogP contribution < -0.4 is 14.8 Å². The van der Waals surface area contributed by atoms with Crippen molar-refractivity contribution in [2.24, 2.45) is 0 Å². The minimum Gasteiger partial charge on any atom is -0.497 e. The van der Waals surface area contributed by atoms with E-state index in [1.807, 2.05) is 30.7 Å². The fraction of sp³-hybridized carbons (Fsp3) is 0.320. The van der Waals surface area contributed by atoms with Gasteiger partial charge in [-0.3, -0.25) is 4.68 Å². The molecule has 0 bridgehead atoms. The van der Waals surface area contributed by atoms with Crippen molar-refractivity contribution in [1.29, 1.82) is 0 Å². The van der Waals surface area contributed by atoms with Gasteiger partial charge in [0.25, 0.3) is 0 Å². The van der Waals surface area contributed by atoms with E-state index in [1.54, 1.807) is 14.2 Å². The number of fused-ring (bicyclic) bond motifs is 3. The van der Waals surface area contributed by atoms with E-state index in [9.17, 15) is 0 Å². The van der Waals surface area contributed by atoms with Crippen LogP contribution >= 0.6 is 11.6 Å². The summed E-state index contributed by atoms with van der Waals surface area (Å²) in [4.78, 5) is 3.65. The Morgan fingerprint density at radius 2 is 1.97 bits per heavy atom. The van der Waals surface area contributed by atoms with E-state index < -0.39 is 0 Å². The summed E-state index contributed by atoms with van der Waals surface area (Å²) >= 11 is 6.37. The Kier molecular flexibility index (Phi) is 5.35. The molecule has 32 heavy (non-hydrogen) atoms. The molecule has 4 aromatic rings. The number of nitrogens with one attached hydrogen (secondary N) is 2. The first-order valence-electron chi connectivity index (χ1n) is 10.8. The number of hydrogen-bond donors (Lipinski definition) is 2. The summed E-state index contributed by atoms with van der Waals surface area (Å²) in [6, 6.07) is 12.7. The van der Waals surface area contributed by atoms with Gasteiger partial charge < -0.3 is 19.8 Å². The van der Waals surface area contributed by atoms with Gasteiger partial charge in [-0.1, -0.05) is 17.7 Å². The van der Waals surface area contributed by atoms with Gasteiger partial charge in [-0.05, 0) is 61.7 Å². The van der Waals surface area contributed by atoms with Gasteiger partial charge in [0.05, 0.1) is 43.2 Å². The lowest BCUT2D eigenvalue weighted by atomic mass is 9.93. The Balaban J connectivity index is 1.56. The zero-order chi connectivity index (χ0) is 22.4. The summed E-state index contributed by atoms with van der Waals surface area (Å²) in [7, 11) is 3.41. The highest BCUT2D eigenvalue weighted by Crippen LogP contribution is 2.36. The molecule has 166 valence electrons. The molecule has 0 saturated carbocycles. The minimum absolute atomic E-state index is 0.0749. The Morgan fingerprint density at radius 3 is 2.69 bits per heavy atom. The predicted molar refractivity (Wildman–Crippen MR) is 127 cm³/mol. The van der Waals surface area contributed by atoms with Gasteiger partial charge in [0.15, 0.2) is 0 Å². The highest BCUT2D eigenvalue weighted by atomic mass is 35.5. The smallest absolute Gasteiger partial charge is 0.123 e. The lowest BCUT2D eigenvalue weighted by Gasteiger charge is -2.25. The second-order valence-corrected chi connectivity index (χ2v) is 8.66. The molecular formula is C25H27ClN4O2. The quantitative estimate of drug-likeness (QED) is 0.452. The van der Waals surface area contributed by atoms with Crippen LogP contribution in [0.2, 0.25) is 5.02 Å². The van der Waals surface area contributed by atoms with E-state index in [0.717, 1.165) is 46.9 Å². The van der Waals surface area contributed by atoms with Crippen molar-refractivity contribution >= 4 is 22.5 Å². The van der Waals surface area contributed by atoms with Crippen LogP contribution in [-0.4, -0.2) is 35.5 Å². The molecule has 0 spiro atoms. The molecule has 2 N–H and O–H groups in total. The van der Waals surface area contributed by atoms with Gasteiger partial charge in [0, 0.05) is 28.7 Å². The minimum atomic E-state index is 0.0749. The summed E-state index contributed by atoms with van der Waals surface area (Å²) in [5.41, 5.74) is 7.75. The SMILES string of the molecule is COc1ccc2[nH]c3c(c2c1)CCNC3c1ccc(OC)c(Cn2nc(C)c(Cl)c2C)c1. The van der Waals surface area contributed by atoms with Crippen molar-refractivity contribution in [3.8, 4) is 11.5 Å². The maximum atomic E-state index is 6.37. The number of hydrogen-bond acceptors (Lipinski definition) is 4. The average Bonchev–Trinajstić information content (AvgIpc) is 3.30. The number of aromatic nitrogens is 3. The number of benzene rings is 2. The van der Waals surface area contributed by atoms with Crippen molar-refractivity contribution in [2.75, 3.05) is 20.8 Å². The molecule has 0 aliphatic carbocycles. The molecule has 0 radical (unpaired) electrons. The van der Waals surface area contributed by atoms with Crippen molar-refractivity contribution in [3.63, 3.8) is 0 Å². The Hall–Kier alpha value is -2.96. The van der Waals surface area contributed by atoms with Gasteiger partial charge in [0.1, 0.15) is 11.5 Å². The monoisotopic (exact) mass is 450 g/mol. The number of H-pyrrole nitrogens is 1. The highest BCUT2D eigenvalue weighted by molar-refractivity contribution is 6.31. The van der Waals surface area contributed by atoms with Crippen LogP contribution in [-0.2, 0) is 13.0 Å². The van der Waals surface area contributed by atoms with Gasteiger partial charge in [-0.2, -0.15) is 5.10 Å². The molecule has 0 amide bonds. The maximum Gasteiger partial charge on any atom is 0.123 e. The molecule has 1 unspecified atom stereocenters. The molecule has 0 saturated heterocycles. The largest absolute Gasteiger partial charge is 0.497 e. The highest BCUT2D eigenvalue weighted by Gasteiger charge is 2.26. The lowest BCUT2D eigenvalue weighted by molar-refractivity contribution is 0.406. The normalized spacial score (nSPS) is 15.7. The second-order valence-electron chi connectivity index (χ2n) is 8.28. The molecule has 2 aromatic carbocycles. The van der Waals surface area contributed by atoms with Gasteiger partial charge in [-0.15, -0.1) is 0 Å². The van der Waals surface area contributed by atoms with Gasteiger partial charge >= 0.3 is 0 Å². The zero-order valence-electron chi connectivity index (χ0n) is 18.8. The first-order valence-corrected chi connectivity index (χ1v) is 11.2. The number of methoxy groups -OCH3 is 2. The lowest BCUT2D eigenvalue weighted by Crippen LogP contribution is -2.30. The van der Waals surface area contributed by atoms with Crippen LogP contribution in [0.5, 0.6) is 11.5 Å². The Bertz CT molecular complexity index is 1310. The zero-order valence-corrected chi connectivity index (χ0v) is 19.5. The van der Waals surface area contributed by atoms with Crippen LogP contribution in [0.4, 0.5) is 0 Å². The van der Waals surface area contributed by atoms with Crippen LogP contribution in [0.25, 0.3) is 10.9 Å². The van der Waals surface area contributed by atoms with E-state index in [2.05, 4.69) is 39.7 Å². The van der Waals surface area contributed by atoms with E-state index in [-0.39, 0.29) is 6.04 Å².